The molecule has 0 fully saturated rings. The van der Waals surface area contributed by atoms with E-state index in [2.05, 4.69) is 144 Å². The zero-order valence-corrected chi connectivity index (χ0v) is 27.2. The van der Waals surface area contributed by atoms with Crippen molar-refractivity contribution < 1.29 is 4.42 Å². The summed E-state index contributed by atoms with van der Waals surface area (Å²) in [4.78, 5) is 7.42. The third-order valence-corrected chi connectivity index (χ3v) is 10.7. The topological polar surface area (TPSA) is 29.3 Å². The molecule has 0 saturated carbocycles. The van der Waals surface area contributed by atoms with Crippen LogP contribution in [0.3, 0.4) is 0 Å². The van der Waals surface area contributed by atoms with Crippen molar-refractivity contribution in [3.63, 3.8) is 0 Å². The van der Waals surface area contributed by atoms with E-state index in [1.54, 1.807) is 0 Å². The lowest BCUT2D eigenvalue weighted by molar-refractivity contribution is 0.620. The Hall–Kier alpha value is -6.23. The maximum atomic E-state index is 6.28. The molecule has 0 aliphatic heterocycles. The number of para-hydroxylation sites is 1. The van der Waals surface area contributed by atoms with Crippen molar-refractivity contribution in [1.82, 2.24) is 4.98 Å². The van der Waals surface area contributed by atoms with Gasteiger partial charge in [0.1, 0.15) is 5.52 Å². The second-order valence-corrected chi connectivity index (χ2v) is 13.4. The van der Waals surface area contributed by atoms with Crippen LogP contribution in [0.15, 0.2) is 174 Å². The van der Waals surface area contributed by atoms with Crippen molar-refractivity contribution in [1.29, 1.82) is 0 Å². The molecule has 10 aromatic rings. The van der Waals surface area contributed by atoms with Crippen LogP contribution >= 0.6 is 11.3 Å². The molecule has 2 aromatic heterocycles. The number of oxazole rings is 1. The van der Waals surface area contributed by atoms with Crippen molar-refractivity contribution in [2.75, 3.05) is 4.90 Å². The van der Waals surface area contributed by atoms with Crippen LogP contribution in [0.1, 0.15) is 0 Å². The molecule has 4 heteroatoms. The molecular formula is C45H28N2OS. The molecule has 0 N–H and O–H groups in total. The third kappa shape index (κ3) is 4.53. The molecule has 3 nitrogen and oxygen atoms in total. The van der Waals surface area contributed by atoms with Crippen LogP contribution in [0.2, 0.25) is 0 Å². The first-order valence-electron chi connectivity index (χ1n) is 16.5. The quantitative estimate of drug-likeness (QED) is 0.175. The number of thiophene rings is 1. The Morgan fingerprint density at radius 1 is 0.429 bits per heavy atom. The maximum absolute atomic E-state index is 6.28. The van der Waals surface area contributed by atoms with E-state index in [9.17, 15) is 0 Å². The zero-order chi connectivity index (χ0) is 32.3. The van der Waals surface area contributed by atoms with Gasteiger partial charge < -0.3 is 9.32 Å². The zero-order valence-electron chi connectivity index (χ0n) is 26.4. The minimum Gasteiger partial charge on any atom is -0.436 e. The Balaban J connectivity index is 1.23. The Morgan fingerprint density at radius 3 is 1.73 bits per heavy atom. The van der Waals surface area contributed by atoms with Crippen LogP contribution in [-0.2, 0) is 0 Å². The highest BCUT2D eigenvalue weighted by Gasteiger charge is 2.21. The minimum absolute atomic E-state index is 0.649. The van der Waals surface area contributed by atoms with Crippen LogP contribution < -0.4 is 4.90 Å². The van der Waals surface area contributed by atoms with E-state index >= 15 is 0 Å². The Morgan fingerprint density at radius 2 is 0.980 bits per heavy atom. The van der Waals surface area contributed by atoms with Gasteiger partial charge in [-0.2, -0.15) is 0 Å². The van der Waals surface area contributed by atoms with E-state index in [4.69, 9.17) is 9.40 Å². The molecular weight excluding hydrogens is 617 g/mol. The second-order valence-electron chi connectivity index (χ2n) is 12.3. The predicted molar refractivity (Wildman–Crippen MR) is 207 cm³/mol. The molecule has 230 valence electrons. The fraction of sp³-hybridized carbons (Fsp3) is 0. The van der Waals surface area contributed by atoms with Crippen molar-refractivity contribution >= 4 is 81.2 Å². The van der Waals surface area contributed by atoms with Gasteiger partial charge >= 0.3 is 0 Å². The molecule has 0 amide bonds. The van der Waals surface area contributed by atoms with Gasteiger partial charge in [0.2, 0.25) is 5.89 Å². The number of hydrogen-bond donors (Lipinski definition) is 0. The number of benzene rings is 8. The molecule has 0 atom stereocenters. The molecule has 0 saturated heterocycles. The molecule has 0 bridgehead atoms. The summed E-state index contributed by atoms with van der Waals surface area (Å²) >= 11 is 1.81. The van der Waals surface area contributed by atoms with E-state index < -0.39 is 0 Å². The summed E-state index contributed by atoms with van der Waals surface area (Å²) in [6, 6.07) is 60.3. The number of hydrogen-bond acceptors (Lipinski definition) is 4. The Bertz CT molecular complexity index is 2800. The average Bonchev–Trinajstić information content (AvgIpc) is 3.79. The molecule has 49 heavy (non-hydrogen) atoms. The van der Waals surface area contributed by atoms with Gasteiger partial charge in [-0.1, -0.05) is 115 Å². The van der Waals surface area contributed by atoms with Gasteiger partial charge in [-0.3, -0.25) is 0 Å². The summed E-state index contributed by atoms with van der Waals surface area (Å²) in [7, 11) is 0. The minimum atomic E-state index is 0.649. The fourth-order valence-corrected chi connectivity index (χ4v) is 8.47. The molecule has 8 aromatic carbocycles. The van der Waals surface area contributed by atoms with Crippen LogP contribution in [-0.4, -0.2) is 4.98 Å². The van der Waals surface area contributed by atoms with E-state index in [-0.39, 0.29) is 0 Å². The lowest BCUT2D eigenvalue weighted by Crippen LogP contribution is -2.10. The number of fused-ring (bicyclic) bond motifs is 9. The molecule has 0 spiro atoms. The number of nitrogens with zero attached hydrogens (tertiary/aromatic N) is 2. The summed E-state index contributed by atoms with van der Waals surface area (Å²) in [5, 5.41) is 7.35. The van der Waals surface area contributed by atoms with Gasteiger partial charge in [0.05, 0.1) is 10.4 Å². The maximum Gasteiger partial charge on any atom is 0.227 e. The summed E-state index contributed by atoms with van der Waals surface area (Å²) in [6.45, 7) is 0. The lowest BCUT2D eigenvalue weighted by Gasteiger charge is -2.28. The predicted octanol–water partition coefficient (Wildman–Crippen LogP) is 13.3. The van der Waals surface area contributed by atoms with E-state index in [1.807, 2.05) is 41.7 Å². The average molecular weight is 645 g/mol. The summed E-state index contributed by atoms with van der Waals surface area (Å²) in [5.74, 6) is 0.649. The number of aromatic nitrogens is 1. The SMILES string of the molecule is c1ccc(-c2ccc(N(c3ccccc3)c3cc4c(ccc5c6ccc7oc(-c8ccccc8)nc7c6sc45)c4ccccc34)cc2)cc1. The first-order valence-corrected chi connectivity index (χ1v) is 17.3. The Kier molecular flexibility index (Phi) is 6.36. The molecule has 0 unspecified atom stereocenters. The molecule has 2 heterocycles. The Labute approximate surface area is 286 Å². The first kappa shape index (κ1) is 27.8. The summed E-state index contributed by atoms with van der Waals surface area (Å²) in [6.07, 6.45) is 0. The highest BCUT2D eigenvalue weighted by molar-refractivity contribution is 7.27. The summed E-state index contributed by atoms with van der Waals surface area (Å²) in [5.41, 5.74) is 8.47. The molecule has 0 aliphatic rings. The van der Waals surface area contributed by atoms with Gasteiger partial charge in [-0.15, -0.1) is 11.3 Å². The van der Waals surface area contributed by atoms with Crippen molar-refractivity contribution in [2.45, 2.75) is 0 Å². The van der Waals surface area contributed by atoms with Crippen LogP contribution in [0.25, 0.3) is 75.4 Å². The van der Waals surface area contributed by atoms with Gasteiger partial charge in [0.15, 0.2) is 5.58 Å². The van der Waals surface area contributed by atoms with Crippen LogP contribution in [0.5, 0.6) is 0 Å². The van der Waals surface area contributed by atoms with Gasteiger partial charge in [-0.25, -0.2) is 4.98 Å². The van der Waals surface area contributed by atoms with E-state index in [1.165, 1.54) is 48.1 Å². The largest absolute Gasteiger partial charge is 0.436 e. The standard InChI is InChI=1S/C45H28N2OS/c1-4-12-29(13-5-1)30-20-22-33(23-21-30)47(32-16-8-3-9-17-32)40-28-39-35(34-18-10-11-19-36(34)40)24-25-37-38-26-27-41-42(44(38)49-43(37)39)46-45(48-41)31-14-6-2-7-15-31/h1-28H. The molecule has 0 radical (unpaired) electrons. The molecule has 10 rings (SSSR count). The van der Waals surface area contributed by atoms with Gasteiger partial charge in [-0.05, 0) is 76.5 Å². The molecule has 0 aliphatic carbocycles. The lowest BCUT2D eigenvalue weighted by atomic mass is 9.97. The fourth-order valence-electron chi connectivity index (χ4n) is 7.17. The van der Waals surface area contributed by atoms with Gasteiger partial charge in [0, 0.05) is 43.2 Å². The van der Waals surface area contributed by atoms with Crippen LogP contribution in [0.4, 0.5) is 17.1 Å². The normalized spacial score (nSPS) is 11.7. The van der Waals surface area contributed by atoms with Crippen LogP contribution in [0, 0.1) is 0 Å². The first-order chi connectivity index (χ1) is 24.3. The van der Waals surface area contributed by atoms with Crippen molar-refractivity contribution in [3.05, 3.63) is 170 Å². The second kappa shape index (κ2) is 11.2. The van der Waals surface area contributed by atoms with E-state index in [0.29, 0.717) is 5.89 Å². The van der Waals surface area contributed by atoms with Gasteiger partial charge in [0.25, 0.3) is 0 Å². The summed E-state index contributed by atoms with van der Waals surface area (Å²) < 4.78 is 8.68. The highest BCUT2D eigenvalue weighted by Crippen LogP contribution is 2.47. The monoisotopic (exact) mass is 644 g/mol. The number of anilines is 3. The van der Waals surface area contributed by atoms with Crippen molar-refractivity contribution in [3.8, 4) is 22.6 Å². The smallest absolute Gasteiger partial charge is 0.227 e. The number of rotatable bonds is 5. The highest BCUT2D eigenvalue weighted by atomic mass is 32.1. The van der Waals surface area contributed by atoms with E-state index in [0.717, 1.165) is 38.4 Å². The van der Waals surface area contributed by atoms with Crippen molar-refractivity contribution in [2.24, 2.45) is 0 Å². The third-order valence-electron chi connectivity index (χ3n) is 9.49.